The number of amides is 1. The quantitative estimate of drug-likeness (QED) is 0.708. The van der Waals surface area contributed by atoms with Crippen LogP contribution in [0.4, 0.5) is 0 Å². The second kappa shape index (κ2) is 9.99. The number of carbonyl (C=O) groups excluding carboxylic acids is 2. The van der Waals surface area contributed by atoms with Crippen molar-refractivity contribution in [2.75, 3.05) is 13.7 Å². The van der Waals surface area contributed by atoms with Crippen LogP contribution in [0, 0.1) is 6.92 Å². The summed E-state index contributed by atoms with van der Waals surface area (Å²) < 4.78 is 4.99. The molecule has 1 amide bonds. The number of nitrogens with one attached hydrogen (secondary N) is 1. The van der Waals surface area contributed by atoms with Crippen LogP contribution in [0.5, 0.6) is 0 Å². The standard InChI is InChI=1S/C22H29N3O3/c1-6-28-22(27)19-11-12-20(24-16(19)4)21(26)23-13-17-9-7-8-10-18(17)14-25(5)15(2)3/h7-12,15H,6,13-14H2,1-5H3,(H,23,26). The highest BCUT2D eigenvalue weighted by Crippen LogP contribution is 2.13. The van der Waals surface area contributed by atoms with E-state index >= 15 is 0 Å². The van der Waals surface area contributed by atoms with Crippen molar-refractivity contribution in [2.24, 2.45) is 0 Å². The molecule has 6 heteroatoms. The van der Waals surface area contributed by atoms with Gasteiger partial charge in [0.05, 0.1) is 17.9 Å². The highest BCUT2D eigenvalue weighted by atomic mass is 16.5. The third-order valence-electron chi connectivity index (χ3n) is 4.67. The van der Waals surface area contributed by atoms with Crippen molar-refractivity contribution < 1.29 is 14.3 Å². The fourth-order valence-electron chi connectivity index (χ4n) is 2.71. The number of hydrogen-bond acceptors (Lipinski definition) is 5. The van der Waals surface area contributed by atoms with Gasteiger partial charge in [-0.2, -0.15) is 0 Å². The van der Waals surface area contributed by atoms with Gasteiger partial charge >= 0.3 is 5.97 Å². The van der Waals surface area contributed by atoms with Crippen molar-refractivity contribution in [3.8, 4) is 0 Å². The molecular formula is C22H29N3O3. The summed E-state index contributed by atoms with van der Waals surface area (Å²) in [5.41, 5.74) is 3.39. The fraction of sp³-hybridized carbons (Fsp3) is 0.409. The molecule has 0 unspecified atom stereocenters. The van der Waals surface area contributed by atoms with E-state index in [9.17, 15) is 9.59 Å². The Hall–Kier alpha value is -2.73. The molecule has 2 aromatic rings. The first-order valence-corrected chi connectivity index (χ1v) is 9.53. The molecule has 0 aliphatic carbocycles. The summed E-state index contributed by atoms with van der Waals surface area (Å²) in [5.74, 6) is -0.701. The van der Waals surface area contributed by atoms with E-state index in [1.807, 2.05) is 18.2 Å². The Bertz CT molecular complexity index is 834. The zero-order valence-corrected chi connectivity index (χ0v) is 17.3. The first-order chi connectivity index (χ1) is 13.3. The molecule has 1 N–H and O–H groups in total. The van der Waals surface area contributed by atoms with Gasteiger partial charge in [-0.1, -0.05) is 24.3 Å². The molecule has 1 aromatic heterocycles. The molecule has 150 valence electrons. The van der Waals surface area contributed by atoms with E-state index in [1.165, 1.54) is 5.56 Å². The van der Waals surface area contributed by atoms with Crippen molar-refractivity contribution >= 4 is 11.9 Å². The molecule has 1 aromatic carbocycles. The van der Waals surface area contributed by atoms with Crippen molar-refractivity contribution in [2.45, 2.75) is 46.8 Å². The number of nitrogens with zero attached hydrogens (tertiary/aromatic N) is 2. The Morgan fingerprint density at radius 1 is 1.14 bits per heavy atom. The number of rotatable bonds is 8. The minimum atomic E-state index is -0.428. The molecule has 0 saturated heterocycles. The first-order valence-electron chi connectivity index (χ1n) is 9.53. The SMILES string of the molecule is CCOC(=O)c1ccc(C(=O)NCc2ccccc2CN(C)C(C)C)nc1C. The first kappa shape index (κ1) is 21.6. The van der Waals surface area contributed by atoms with Crippen molar-refractivity contribution in [1.82, 2.24) is 15.2 Å². The van der Waals surface area contributed by atoms with Gasteiger partial charge in [-0.3, -0.25) is 9.69 Å². The Morgan fingerprint density at radius 3 is 2.43 bits per heavy atom. The Morgan fingerprint density at radius 2 is 1.82 bits per heavy atom. The van der Waals surface area contributed by atoms with E-state index in [-0.39, 0.29) is 11.6 Å². The van der Waals surface area contributed by atoms with Crippen LogP contribution in [0.15, 0.2) is 36.4 Å². The van der Waals surface area contributed by atoms with Crippen LogP contribution >= 0.6 is 0 Å². The number of carbonyl (C=O) groups is 2. The fourth-order valence-corrected chi connectivity index (χ4v) is 2.71. The molecule has 0 radical (unpaired) electrons. The highest BCUT2D eigenvalue weighted by molar-refractivity contribution is 5.95. The molecule has 2 rings (SSSR count). The number of ether oxygens (including phenoxy) is 1. The Balaban J connectivity index is 2.07. The Labute approximate surface area is 166 Å². The number of aromatic nitrogens is 1. The molecular weight excluding hydrogens is 354 g/mol. The molecule has 0 bridgehead atoms. The second-order valence-corrected chi connectivity index (χ2v) is 7.01. The molecule has 0 saturated carbocycles. The van der Waals surface area contributed by atoms with Crippen LogP contribution in [-0.2, 0) is 17.8 Å². The van der Waals surface area contributed by atoms with Crippen molar-refractivity contribution in [1.29, 1.82) is 0 Å². The molecule has 6 nitrogen and oxygen atoms in total. The second-order valence-electron chi connectivity index (χ2n) is 7.01. The average Bonchev–Trinajstić information content (AvgIpc) is 2.66. The topological polar surface area (TPSA) is 71.5 Å². The maximum Gasteiger partial charge on any atom is 0.339 e. The largest absolute Gasteiger partial charge is 0.462 e. The van der Waals surface area contributed by atoms with E-state index in [0.29, 0.717) is 30.5 Å². The molecule has 0 atom stereocenters. The monoisotopic (exact) mass is 383 g/mol. The lowest BCUT2D eigenvalue weighted by Crippen LogP contribution is -2.28. The number of hydrogen-bond donors (Lipinski definition) is 1. The zero-order chi connectivity index (χ0) is 20.7. The smallest absolute Gasteiger partial charge is 0.339 e. The lowest BCUT2D eigenvalue weighted by atomic mass is 10.1. The third kappa shape index (κ3) is 5.63. The predicted octanol–water partition coefficient (Wildman–Crippen LogP) is 3.34. The number of benzene rings is 1. The summed E-state index contributed by atoms with van der Waals surface area (Å²) >= 11 is 0. The van der Waals surface area contributed by atoms with Gasteiger partial charge in [-0.25, -0.2) is 9.78 Å². The van der Waals surface area contributed by atoms with Gasteiger partial charge in [0.1, 0.15) is 5.69 Å². The number of aryl methyl sites for hydroxylation is 1. The van der Waals surface area contributed by atoms with Crippen LogP contribution in [0.1, 0.15) is 58.4 Å². The van der Waals surface area contributed by atoms with Gasteiger partial charge in [0.25, 0.3) is 5.91 Å². The van der Waals surface area contributed by atoms with Gasteiger partial charge < -0.3 is 10.1 Å². The predicted molar refractivity (Wildman–Crippen MR) is 109 cm³/mol. The molecule has 0 aliphatic rings. The summed E-state index contributed by atoms with van der Waals surface area (Å²) in [4.78, 5) is 30.9. The summed E-state index contributed by atoms with van der Waals surface area (Å²) in [6.45, 7) is 9.28. The minimum absolute atomic E-state index is 0.273. The van der Waals surface area contributed by atoms with Crippen LogP contribution in [0.25, 0.3) is 0 Å². The number of pyridine rings is 1. The molecule has 0 fully saturated rings. The van der Waals surface area contributed by atoms with Gasteiger partial charge in [0.15, 0.2) is 0 Å². The summed E-state index contributed by atoms with van der Waals surface area (Å²) in [6.07, 6.45) is 0. The maximum absolute atomic E-state index is 12.5. The van der Waals surface area contributed by atoms with Gasteiger partial charge in [-0.05, 0) is 58.0 Å². The lowest BCUT2D eigenvalue weighted by Gasteiger charge is -2.22. The third-order valence-corrected chi connectivity index (χ3v) is 4.67. The van der Waals surface area contributed by atoms with E-state index in [1.54, 1.807) is 26.0 Å². The summed E-state index contributed by atoms with van der Waals surface area (Å²) in [6, 6.07) is 11.6. The normalized spacial score (nSPS) is 11.0. The average molecular weight is 383 g/mol. The molecule has 0 aliphatic heterocycles. The molecule has 0 spiro atoms. The van der Waals surface area contributed by atoms with Crippen molar-refractivity contribution in [3.63, 3.8) is 0 Å². The zero-order valence-electron chi connectivity index (χ0n) is 17.3. The van der Waals surface area contributed by atoms with E-state index < -0.39 is 5.97 Å². The molecule has 28 heavy (non-hydrogen) atoms. The van der Waals surface area contributed by atoms with Crippen LogP contribution in [-0.4, -0.2) is 41.5 Å². The summed E-state index contributed by atoms with van der Waals surface area (Å²) in [7, 11) is 2.08. The minimum Gasteiger partial charge on any atom is -0.462 e. The lowest BCUT2D eigenvalue weighted by molar-refractivity contribution is 0.0524. The van der Waals surface area contributed by atoms with E-state index in [0.717, 1.165) is 12.1 Å². The number of esters is 1. The molecule has 1 heterocycles. The van der Waals surface area contributed by atoms with E-state index in [4.69, 9.17) is 4.74 Å². The van der Waals surface area contributed by atoms with Crippen LogP contribution in [0.2, 0.25) is 0 Å². The summed E-state index contributed by atoms with van der Waals surface area (Å²) in [5, 5.41) is 2.92. The van der Waals surface area contributed by atoms with Crippen LogP contribution in [0.3, 0.4) is 0 Å². The highest BCUT2D eigenvalue weighted by Gasteiger charge is 2.15. The van der Waals surface area contributed by atoms with Crippen LogP contribution < -0.4 is 5.32 Å². The van der Waals surface area contributed by atoms with E-state index in [2.05, 4.69) is 42.2 Å². The van der Waals surface area contributed by atoms with Gasteiger partial charge in [0, 0.05) is 19.1 Å². The van der Waals surface area contributed by atoms with Gasteiger partial charge in [0.2, 0.25) is 0 Å². The van der Waals surface area contributed by atoms with Crippen molar-refractivity contribution in [3.05, 3.63) is 64.5 Å². The Kier molecular flexibility index (Phi) is 7.70. The van der Waals surface area contributed by atoms with Gasteiger partial charge in [-0.15, -0.1) is 0 Å². The maximum atomic E-state index is 12.5.